The van der Waals surface area contributed by atoms with Crippen LogP contribution in [-0.4, -0.2) is 31.3 Å². The number of hydrogen-bond donors (Lipinski definition) is 0. The van der Waals surface area contributed by atoms with Gasteiger partial charge in [0.05, 0.1) is 45.5 Å². The van der Waals surface area contributed by atoms with E-state index in [1.165, 1.54) is 111 Å². The summed E-state index contributed by atoms with van der Waals surface area (Å²) in [5.41, 5.74) is 13.0. The molecule has 0 aliphatic heterocycles. The van der Waals surface area contributed by atoms with Gasteiger partial charge < -0.3 is 14.2 Å². The van der Waals surface area contributed by atoms with Gasteiger partial charge in [-0.25, -0.2) is 40.7 Å². The molecule has 0 atom stereocenters. The molecule has 0 N–H and O–H groups in total. The number of nitrogens with zero attached hydrogens (tertiary/aromatic N) is 6. The average molecular weight is 1640 g/mol. The average Bonchev–Trinajstić information content (AvgIpc) is 0.805. The molecule has 4 fully saturated rings. The molecule has 121 heavy (non-hydrogen) atoms. The lowest BCUT2D eigenvalue weighted by Gasteiger charge is -2.26. The van der Waals surface area contributed by atoms with Gasteiger partial charge in [-0.15, -0.1) is 0 Å². The molecule has 0 unspecified atom stereocenters. The van der Waals surface area contributed by atoms with E-state index in [1.807, 2.05) is 74.5 Å². The summed E-state index contributed by atoms with van der Waals surface area (Å²) in [6, 6.07) is 60.1. The third kappa shape index (κ3) is 26.2. The molecule has 4 aliphatic rings. The highest BCUT2D eigenvalue weighted by atomic mass is 19.2. The maximum absolute atomic E-state index is 14.5. The minimum absolute atomic E-state index is 0.0308. The van der Waals surface area contributed by atoms with Crippen LogP contribution >= 0.6 is 0 Å². The fraction of sp³-hybridized carbons (Fsp3) is 0.330. The first-order valence-corrected chi connectivity index (χ1v) is 41.3. The van der Waals surface area contributed by atoms with Crippen molar-refractivity contribution in [3.63, 3.8) is 0 Å². The van der Waals surface area contributed by atoms with Gasteiger partial charge in [-0.3, -0.25) is 9.98 Å². The Kier molecular flexibility index (Phi) is 34.0. The number of benzene rings is 10. The quantitative estimate of drug-likeness (QED) is 0.0463. The van der Waals surface area contributed by atoms with Crippen LogP contribution in [0.2, 0.25) is 0 Å². The molecule has 4 aliphatic carbocycles. The molecular formula is C103H104F6N6O6. The second-order valence-electron chi connectivity index (χ2n) is 32.6. The van der Waals surface area contributed by atoms with E-state index in [0.717, 1.165) is 108 Å². The lowest BCUT2D eigenvalue weighted by atomic mass is 9.79. The number of aliphatic imine (C=N–C) groups is 2. The number of hydrogen-bond acceptors (Lipinski definition) is 12. The Bertz CT molecular complexity index is 5320. The molecule has 12 nitrogen and oxygen atoms in total. The monoisotopic (exact) mass is 1630 g/mol. The summed E-state index contributed by atoms with van der Waals surface area (Å²) in [7, 11) is 0. The van der Waals surface area contributed by atoms with Crippen LogP contribution in [0.4, 0.5) is 37.7 Å². The number of rotatable bonds is 13. The van der Waals surface area contributed by atoms with Gasteiger partial charge in [0, 0.05) is 18.2 Å². The van der Waals surface area contributed by atoms with Gasteiger partial charge >= 0.3 is 17.9 Å². The molecule has 14 rings (SSSR count). The van der Waals surface area contributed by atoms with Crippen molar-refractivity contribution >= 4 is 42.7 Å². The normalized spacial score (nSPS) is 18.2. The van der Waals surface area contributed by atoms with Crippen LogP contribution in [0.25, 0.3) is 11.1 Å². The Labute approximate surface area is 708 Å². The van der Waals surface area contributed by atoms with Crippen LogP contribution in [0, 0.1) is 145 Å². The van der Waals surface area contributed by atoms with Gasteiger partial charge in [0.25, 0.3) is 0 Å². The van der Waals surface area contributed by atoms with Crippen molar-refractivity contribution in [2.45, 2.75) is 196 Å². The molecule has 0 aromatic heterocycles. The van der Waals surface area contributed by atoms with Crippen LogP contribution in [-0.2, 0) is 0 Å². The van der Waals surface area contributed by atoms with Crippen LogP contribution in [0.3, 0.4) is 0 Å². The van der Waals surface area contributed by atoms with Crippen molar-refractivity contribution in [3.8, 4) is 52.7 Å². The Morgan fingerprint density at radius 3 is 0.942 bits per heavy atom. The van der Waals surface area contributed by atoms with E-state index in [-0.39, 0.29) is 51.5 Å². The lowest BCUT2D eigenvalue weighted by Crippen LogP contribution is -2.16. The molecular weight excluding hydrogens is 1530 g/mol. The van der Waals surface area contributed by atoms with Crippen LogP contribution < -0.4 is 14.2 Å². The first-order chi connectivity index (χ1) is 58.0. The number of ether oxygens (including phenoxy) is 3. The van der Waals surface area contributed by atoms with Crippen LogP contribution in [0.15, 0.2) is 192 Å². The van der Waals surface area contributed by atoms with Gasteiger partial charge in [-0.2, -0.15) is 21.0 Å². The van der Waals surface area contributed by atoms with Gasteiger partial charge in [-0.1, -0.05) is 169 Å². The highest BCUT2D eigenvalue weighted by Gasteiger charge is 2.28. The third-order valence-electron chi connectivity index (χ3n) is 23.3. The molecule has 0 spiro atoms. The Morgan fingerprint density at radius 2 is 0.603 bits per heavy atom. The highest BCUT2D eigenvalue weighted by Crippen LogP contribution is 2.41. The molecule has 4 saturated carbocycles. The van der Waals surface area contributed by atoms with Gasteiger partial charge in [0.1, 0.15) is 69.6 Å². The summed E-state index contributed by atoms with van der Waals surface area (Å²) in [5, 5.41) is 35.0. The molecule has 624 valence electrons. The predicted octanol–water partition coefficient (Wildman–Crippen LogP) is 27.5. The Balaban J connectivity index is 0.000000168. The van der Waals surface area contributed by atoms with E-state index < -0.39 is 52.6 Å². The zero-order chi connectivity index (χ0) is 87.6. The van der Waals surface area contributed by atoms with Crippen molar-refractivity contribution in [2.24, 2.45) is 33.7 Å². The van der Waals surface area contributed by atoms with Crippen molar-refractivity contribution in [1.82, 2.24) is 0 Å². The van der Waals surface area contributed by atoms with E-state index in [0.29, 0.717) is 56.7 Å². The topological polar surface area (TPSA) is 199 Å². The maximum atomic E-state index is 14.5. The number of halogens is 6. The van der Waals surface area contributed by atoms with Crippen LogP contribution in [0.5, 0.6) is 17.2 Å². The summed E-state index contributed by atoms with van der Waals surface area (Å²) in [6.07, 6.45) is 18.8. The van der Waals surface area contributed by atoms with Crippen molar-refractivity contribution in [2.75, 3.05) is 0 Å². The molecule has 0 heterocycles. The Morgan fingerprint density at radius 1 is 0.322 bits per heavy atom. The number of nitriles is 4. The van der Waals surface area contributed by atoms with E-state index in [2.05, 4.69) is 107 Å². The minimum Gasteiger partial charge on any atom is -0.423 e. The van der Waals surface area contributed by atoms with E-state index in [1.54, 1.807) is 75.4 Å². The minimum atomic E-state index is -1.21. The highest BCUT2D eigenvalue weighted by molar-refractivity contribution is 5.93. The largest absolute Gasteiger partial charge is 0.423 e. The fourth-order valence-electron chi connectivity index (χ4n) is 15.8. The first-order valence-electron chi connectivity index (χ1n) is 41.3. The number of aryl methyl sites for hydroxylation is 6. The molecule has 10 aromatic rings. The number of carbonyl (C=O) groups excluding carboxylic acids is 3. The van der Waals surface area contributed by atoms with E-state index >= 15 is 0 Å². The summed E-state index contributed by atoms with van der Waals surface area (Å²) >= 11 is 0. The third-order valence-corrected chi connectivity index (χ3v) is 23.3. The SMILES string of the molecule is C=Nc1c(C)cc(OC(=O)c2c(F)cc(C3CCC(C)CC3)cc2F)cc1F.C=Nc1c(C)cc(OC(=O)c2ccc(C3CCC(C)CC3)cc2)cc1F.CC1CCC(c2ccc(C#N)cc2)CC1.Cc1cc(C2CCC(C)CC2)cc(F)c1C#N.Cc1ccc(-c2ccc(C#N)cc2)cc1.Cc1ccc(C(=O)Oc2cc(C)c(C#N)c(F)c2)cc1. The maximum Gasteiger partial charge on any atom is 0.349 e. The molecule has 18 heteroatoms. The van der Waals surface area contributed by atoms with Crippen LogP contribution in [0.1, 0.15) is 263 Å². The standard InChI is InChI=1S/C22H22F3NO2.C22H24FNO2.C16H12FNO2.C15H18FN.C14H17N.C14H11N/c1-12-4-6-14(7-5-12)15-9-17(23)20(18(24)10-15)22(27)28-16-8-13(2)21(26-3)19(25)11-16;1-14-4-6-16(7-5-14)17-8-10-18(11-9-17)22(25)26-19-12-15(2)21(24-3)20(23)13-19;1-10-3-5-12(6-4-10)16(19)20-13-7-11(2)14(9-18)15(17)8-13;1-10-3-5-12(6-4-10)13-7-11(2)14(9-17)15(16)8-13;2*1-11-2-6-13(7-3-11)14-8-4-12(10-15)5-9-14/h8-12,14H,3-7H2,1-2H3;8-14,16H,3-7H2,1-2H3;3-8H,1-2H3;7-8,10,12H,3-6H2,1-2H3;4-5,8-9,11,13H,2-3,6-7H2,1H3;2-9H,1H3. The smallest absolute Gasteiger partial charge is 0.349 e. The summed E-state index contributed by atoms with van der Waals surface area (Å²) in [6.45, 7) is 26.3. The van der Waals surface area contributed by atoms with E-state index in [4.69, 9.17) is 35.3 Å². The van der Waals surface area contributed by atoms with Crippen molar-refractivity contribution < 1.29 is 54.9 Å². The van der Waals surface area contributed by atoms with Gasteiger partial charge in [0.2, 0.25) is 0 Å². The summed E-state index contributed by atoms with van der Waals surface area (Å²) < 4.78 is 99.7. The summed E-state index contributed by atoms with van der Waals surface area (Å²) in [4.78, 5) is 43.7. The van der Waals surface area contributed by atoms with Gasteiger partial charge in [0.15, 0.2) is 11.6 Å². The lowest BCUT2D eigenvalue weighted by molar-refractivity contribution is 0.0716. The first kappa shape index (κ1) is 92.4. The van der Waals surface area contributed by atoms with E-state index in [9.17, 15) is 40.7 Å². The fourth-order valence-corrected chi connectivity index (χ4v) is 15.8. The molecule has 0 bridgehead atoms. The summed E-state index contributed by atoms with van der Waals surface area (Å²) in [5.74, 6) is -1.45. The molecule has 0 radical (unpaired) electrons. The number of esters is 3. The number of carbonyl (C=O) groups is 3. The zero-order valence-electron chi connectivity index (χ0n) is 70.6. The second kappa shape index (κ2) is 44.5. The Hall–Kier alpha value is -12.5. The second-order valence-corrected chi connectivity index (χ2v) is 32.6. The predicted molar refractivity (Wildman–Crippen MR) is 465 cm³/mol. The molecule has 0 amide bonds. The van der Waals surface area contributed by atoms with Crippen molar-refractivity contribution in [1.29, 1.82) is 21.0 Å². The molecule has 10 aromatic carbocycles. The van der Waals surface area contributed by atoms with Crippen molar-refractivity contribution in [3.05, 3.63) is 311 Å². The molecule has 0 saturated heterocycles. The van der Waals surface area contributed by atoms with Gasteiger partial charge in [-0.05, 0) is 294 Å². The zero-order valence-corrected chi connectivity index (χ0v) is 70.6.